The Balaban J connectivity index is 2.05. The van der Waals surface area contributed by atoms with Crippen molar-refractivity contribution in [1.82, 2.24) is 4.98 Å². The zero-order chi connectivity index (χ0) is 14.5. The average molecular weight is 337 g/mol. The summed E-state index contributed by atoms with van der Waals surface area (Å²) in [4.78, 5) is 15.7. The van der Waals surface area contributed by atoms with Crippen LogP contribution in [0.1, 0.15) is 26.7 Å². The molecule has 0 spiro atoms. The van der Waals surface area contributed by atoms with Crippen LogP contribution in [0.25, 0.3) is 11.3 Å². The van der Waals surface area contributed by atoms with Crippen LogP contribution in [0, 0.1) is 5.92 Å². The Labute approximate surface area is 126 Å². The summed E-state index contributed by atoms with van der Waals surface area (Å²) in [6.45, 7) is 4.21. The number of anilines is 1. The zero-order valence-corrected chi connectivity index (χ0v) is 13.1. The predicted molar refractivity (Wildman–Crippen MR) is 82.3 cm³/mol. The highest BCUT2D eigenvalue weighted by Gasteiger charge is 2.09. The zero-order valence-electron chi connectivity index (χ0n) is 11.5. The molecule has 1 amide bonds. The van der Waals surface area contributed by atoms with Crippen LogP contribution in [0.2, 0.25) is 0 Å². The molecule has 0 aliphatic heterocycles. The first-order valence-electron chi connectivity index (χ1n) is 6.54. The van der Waals surface area contributed by atoms with E-state index in [0.29, 0.717) is 18.1 Å². The molecule has 0 unspecified atom stereocenters. The number of oxazole rings is 1. The number of rotatable bonds is 5. The van der Waals surface area contributed by atoms with E-state index in [1.807, 2.05) is 18.2 Å². The maximum atomic E-state index is 11.8. The van der Waals surface area contributed by atoms with Gasteiger partial charge in [-0.1, -0.05) is 13.8 Å². The molecule has 4 nitrogen and oxygen atoms in total. The lowest BCUT2D eigenvalue weighted by Gasteiger charge is -2.09. The summed E-state index contributed by atoms with van der Waals surface area (Å²) in [6, 6.07) is 5.65. The summed E-state index contributed by atoms with van der Waals surface area (Å²) in [6.07, 6.45) is 4.47. The summed E-state index contributed by atoms with van der Waals surface area (Å²) < 4.78 is 6.06. The van der Waals surface area contributed by atoms with Crippen LogP contribution in [0.15, 0.2) is 39.7 Å². The fraction of sp³-hybridized carbons (Fsp3) is 0.333. The van der Waals surface area contributed by atoms with E-state index in [1.165, 1.54) is 6.39 Å². The quantitative estimate of drug-likeness (QED) is 0.875. The van der Waals surface area contributed by atoms with Crippen LogP contribution in [0.4, 0.5) is 5.69 Å². The molecule has 0 atom stereocenters. The molecule has 0 radical (unpaired) electrons. The summed E-state index contributed by atoms with van der Waals surface area (Å²) in [5, 5.41) is 2.91. The van der Waals surface area contributed by atoms with Gasteiger partial charge in [0.05, 0.1) is 11.9 Å². The highest BCUT2D eigenvalue weighted by Crippen LogP contribution is 2.29. The van der Waals surface area contributed by atoms with E-state index >= 15 is 0 Å². The second-order valence-corrected chi connectivity index (χ2v) is 5.90. The van der Waals surface area contributed by atoms with Gasteiger partial charge >= 0.3 is 0 Å². The third-order valence-electron chi connectivity index (χ3n) is 2.91. The highest BCUT2D eigenvalue weighted by molar-refractivity contribution is 9.10. The van der Waals surface area contributed by atoms with Gasteiger partial charge in [-0.15, -0.1) is 0 Å². The van der Waals surface area contributed by atoms with Crippen molar-refractivity contribution >= 4 is 27.5 Å². The smallest absolute Gasteiger partial charge is 0.224 e. The van der Waals surface area contributed by atoms with E-state index in [0.717, 1.165) is 22.1 Å². The number of aromatic nitrogens is 1. The summed E-state index contributed by atoms with van der Waals surface area (Å²) in [5.74, 6) is 1.26. The molecule has 20 heavy (non-hydrogen) atoms. The molecule has 106 valence electrons. The molecule has 0 saturated heterocycles. The number of carbonyl (C=O) groups excluding carboxylic acids is 1. The number of hydrogen-bond donors (Lipinski definition) is 1. The van der Waals surface area contributed by atoms with Gasteiger partial charge in [-0.05, 0) is 46.5 Å². The van der Waals surface area contributed by atoms with Crippen molar-refractivity contribution in [3.05, 3.63) is 35.3 Å². The van der Waals surface area contributed by atoms with E-state index < -0.39 is 0 Å². The molecule has 1 aromatic heterocycles. The molecule has 0 saturated carbocycles. The number of carbonyl (C=O) groups is 1. The Hall–Kier alpha value is -1.62. The molecule has 0 bridgehead atoms. The fourth-order valence-electron chi connectivity index (χ4n) is 1.76. The van der Waals surface area contributed by atoms with Crippen molar-refractivity contribution in [2.75, 3.05) is 5.32 Å². The van der Waals surface area contributed by atoms with Crippen LogP contribution < -0.4 is 5.32 Å². The number of nitrogens with zero attached hydrogens (tertiary/aromatic N) is 1. The Bertz CT molecular complexity index is 580. The number of halogens is 1. The van der Waals surface area contributed by atoms with Gasteiger partial charge in [0, 0.05) is 16.5 Å². The third kappa shape index (κ3) is 3.93. The summed E-state index contributed by atoms with van der Waals surface area (Å²) in [5.41, 5.74) is 1.68. The lowest BCUT2D eigenvalue weighted by molar-refractivity contribution is -0.116. The minimum absolute atomic E-state index is 0.0341. The van der Waals surface area contributed by atoms with Crippen molar-refractivity contribution in [3.8, 4) is 11.3 Å². The molecular formula is C15H17BrN2O2. The van der Waals surface area contributed by atoms with Crippen molar-refractivity contribution in [1.29, 1.82) is 0 Å². The Morgan fingerprint density at radius 1 is 1.45 bits per heavy atom. The van der Waals surface area contributed by atoms with Crippen LogP contribution in [0.3, 0.4) is 0 Å². The van der Waals surface area contributed by atoms with Gasteiger partial charge in [-0.3, -0.25) is 4.79 Å². The number of amides is 1. The van der Waals surface area contributed by atoms with Crippen molar-refractivity contribution < 1.29 is 9.21 Å². The van der Waals surface area contributed by atoms with Gasteiger partial charge in [0.25, 0.3) is 0 Å². The third-order valence-corrected chi connectivity index (χ3v) is 3.56. The first kappa shape index (κ1) is 14.8. The molecule has 0 fully saturated rings. The molecule has 5 heteroatoms. The van der Waals surface area contributed by atoms with Crippen molar-refractivity contribution in [3.63, 3.8) is 0 Å². The van der Waals surface area contributed by atoms with Crippen molar-refractivity contribution in [2.45, 2.75) is 26.7 Å². The van der Waals surface area contributed by atoms with Crippen LogP contribution in [-0.2, 0) is 4.79 Å². The first-order chi connectivity index (χ1) is 9.56. The molecule has 1 aromatic carbocycles. The van der Waals surface area contributed by atoms with Gasteiger partial charge in [0.2, 0.25) is 5.91 Å². The monoisotopic (exact) mass is 336 g/mol. The number of hydrogen-bond acceptors (Lipinski definition) is 3. The second kappa shape index (κ2) is 6.70. The van der Waals surface area contributed by atoms with E-state index in [-0.39, 0.29) is 5.91 Å². The molecule has 2 rings (SSSR count). The van der Waals surface area contributed by atoms with Crippen LogP contribution >= 0.6 is 15.9 Å². The largest absolute Gasteiger partial charge is 0.444 e. The van der Waals surface area contributed by atoms with Crippen molar-refractivity contribution in [2.24, 2.45) is 5.92 Å². The molecule has 1 N–H and O–H groups in total. The van der Waals surface area contributed by atoms with E-state index in [4.69, 9.17) is 4.42 Å². The summed E-state index contributed by atoms with van der Waals surface area (Å²) in [7, 11) is 0. The summed E-state index contributed by atoms with van der Waals surface area (Å²) >= 11 is 3.46. The standard InChI is InChI=1S/C15H17BrN2O2/c1-10(2)3-6-15(19)18-13-5-4-11(7-12(13)16)14-8-17-9-20-14/h4-5,7-10H,3,6H2,1-2H3,(H,18,19). The Morgan fingerprint density at radius 2 is 2.25 bits per heavy atom. The molecule has 0 aliphatic rings. The van der Waals surface area contributed by atoms with Gasteiger partial charge < -0.3 is 9.73 Å². The Kier molecular flexibility index (Phi) is 4.95. The fourth-order valence-corrected chi connectivity index (χ4v) is 2.24. The maximum absolute atomic E-state index is 11.8. The Morgan fingerprint density at radius 3 is 2.85 bits per heavy atom. The molecule has 0 aliphatic carbocycles. The van der Waals surface area contributed by atoms with Crippen LogP contribution in [0.5, 0.6) is 0 Å². The average Bonchev–Trinajstić information content (AvgIpc) is 2.92. The minimum atomic E-state index is 0.0341. The van der Waals surface area contributed by atoms with Crippen LogP contribution in [-0.4, -0.2) is 10.9 Å². The number of nitrogens with one attached hydrogen (secondary N) is 1. The lowest BCUT2D eigenvalue weighted by atomic mass is 10.1. The predicted octanol–water partition coefficient (Wildman–Crippen LogP) is 4.48. The van der Waals surface area contributed by atoms with E-state index in [2.05, 4.69) is 40.1 Å². The normalized spacial score (nSPS) is 10.8. The maximum Gasteiger partial charge on any atom is 0.224 e. The molecule has 1 heterocycles. The SMILES string of the molecule is CC(C)CCC(=O)Nc1ccc(-c2cnco2)cc1Br. The second-order valence-electron chi connectivity index (χ2n) is 5.04. The molecular weight excluding hydrogens is 320 g/mol. The first-order valence-corrected chi connectivity index (χ1v) is 7.34. The highest BCUT2D eigenvalue weighted by atomic mass is 79.9. The van der Waals surface area contributed by atoms with Gasteiger partial charge in [0.15, 0.2) is 12.2 Å². The molecule has 2 aromatic rings. The lowest BCUT2D eigenvalue weighted by Crippen LogP contribution is -2.12. The van der Waals surface area contributed by atoms with Gasteiger partial charge in [0.1, 0.15) is 0 Å². The van der Waals surface area contributed by atoms with Gasteiger partial charge in [-0.2, -0.15) is 0 Å². The minimum Gasteiger partial charge on any atom is -0.444 e. The van der Waals surface area contributed by atoms with E-state index in [9.17, 15) is 4.79 Å². The number of benzene rings is 1. The van der Waals surface area contributed by atoms with E-state index in [1.54, 1.807) is 6.20 Å². The topological polar surface area (TPSA) is 55.1 Å². The van der Waals surface area contributed by atoms with Gasteiger partial charge in [-0.25, -0.2) is 4.98 Å².